The van der Waals surface area contributed by atoms with Crippen LogP contribution in [0.1, 0.15) is 24.3 Å². The predicted molar refractivity (Wildman–Crippen MR) is 78.0 cm³/mol. The molecule has 0 atom stereocenters. The van der Waals surface area contributed by atoms with Gasteiger partial charge >= 0.3 is 0 Å². The molecule has 0 unspecified atom stereocenters. The van der Waals surface area contributed by atoms with Crippen molar-refractivity contribution in [2.75, 3.05) is 12.8 Å². The van der Waals surface area contributed by atoms with Gasteiger partial charge in [-0.05, 0) is 19.9 Å². The molecule has 3 N–H and O–H groups in total. The van der Waals surface area contributed by atoms with E-state index in [4.69, 9.17) is 5.14 Å². The number of amides is 1. The first kappa shape index (κ1) is 17.7. The normalized spacial score (nSPS) is 13.2. The Morgan fingerprint density at radius 2 is 1.86 bits per heavy atom. The molecule has 1 aromatic heterocycles. The molecular weight excluding hydrogens is 318 g/mol. The van der Waals surface area contributed by atoms with E-state index >= 15 is 0 Å². The minimum atomic E-state index is -3.90. The summed E-state index contributed by atoms with van der Waals surface area (Å²) in [5, 5.41) is 7.46. The molecule has 0 aliphatic heterocycles. The molecule has 0 aromatic carbocycles. The maximum absolute atomic E-state index is 12.0. The van der Waals surface area contributed by atoms with Crippen molar-refractivity contribution in [3.05, 3.63) is 18.0 Å². The molecule has 0 bridgehead atoms. The van der Waals surface area contributed by atoms with Crippen LogP contribution in [0.2, 0.25) is 0 Å². The number of sulfonamides is 1. The Balaban J connectivity index is 2.95. The van der Waals surface area contributed by atoms with E-state index in [9.17, 15) is 21.6 Å². The zero-order valence-electron chi connectivity index (χ0n) is 12.2. The minimum absolute atomic E-state index is 0.0725. The zero-order valence-corrected chi connectivity index (χ0v) is 13.9. The summed E-state index contributed by atoms with van der Waals surface area (Å²) in [7, 11) is -5.76. The molecule has 1 aromatic rings. The van der Waals surface area contributed by atoms with Crippen molar-refractivity contribution < 1.29 is 21.6 Å². The number of hydrogen-bond donors (Lipinski definition) is 2. The van der Waals surface area contributed by atoms with Gasteiger partial charge in [-0.25, -0.2) is 22.0 Å². The van der Waals surface area contributed by atoms with E-state index in [1.165, 1.54) is 31.7 Å². The predicted octanol–water partition coefficient (Wildman–Crippen LogP) is -0.774. The summed E-state index contributed by atoms with van der Waals surface area (Å²) in [6, 6.07) is 1.14. The number of nitrogens with zero attached hydrogens (tertiary/aromatic N) is 1. The van der Waals surface area contributed by atoms with E-state index < -0.39 is 30.5 Å². The van der Waals surface area contributed by atoms with Crippen LogP contribution in [-0.4, -0.2) is 44.9 Å². The molecule has 0 spiro atoms. The molecule has 1 heterocycles. The van der Waals surface area contributed by atoms with Gasteiger partial charge in [0.1, 0.15) is 10.6 Å². The van der Waals surface area contributed by atoms with Gasteiger partial charge < -0.3 is 9.88 Å². The molecule has 0 aliphatic carbocycles. The van der Waals surface area contributed by atoms with E-state index in [1.807, 2.05) is 0 Å². The van der Waals surface area contributed by atoms with Crippen molar-refractivity contribution >= 4 is 25.8 Å². The van der Waals surface area contributed by atoms with Gasteiger partial charge in [0.2, 0.25) is 10.0 Å². The van der Waals surface area contributed by atoms with E-state index in [0.29, 0.717) is 0 Å². The second-order valence-electron chi connectivity index (χ2n) is 5.43. The molecule has 0 fully saturated rings. The summed E-state index contributed by atoms with van der Waals surface area (Å²) < 4.78 is 45.7. The highest BCUT2D eigenvalue weighted by Gasteiger charge is 2.31. The number of sulfone groups is 1. The molecule has 0 saturated carbocycles. The largest absolute Gasteiger partial charge is 0.349 e. The monoisotopic (exact) mass is 337 g/mol. The maximum Gasteiger partial charge on any atom is 0.267 e. The number of carbonyl (C=O) groups excluding carboxylic acids is 1. The van der Waals surface area contributed by atoms with E-state index in [0.717, 1.165) is 12.3 Å². The number of carbonyl (C=O) groups is 1. The zero-order chi connectivity index (χ0) is 16.6. The minimum Gasteiger partial charge on any atom is -0.349 e. The van der Waals surface area contributed by atoms with Crippen LogP contribution in [0.25, 0.3) is 0 Å². The number of hydrogen-bond acceptors (Lipinski definition) is 5. The number of primary sulfonamides is 1. The lowest BCUT2D eigenvalue weighted by Crippen LogP contribution is -2.44. The van der Waals surface area contributed by atoms with E-state index in [1.54, 1.807) is 0 Å². The quantitative estimate of drug-likeness (QED) is 0.729. The van der Waals surface area contributed by atoms with Crippen LogP contribution in [0.4, 0.5) is 0 Å². The third-order valence-corrected chi connectivity index (χ3v) is 6.25. The Hall–Kier alpha value is -1.39. The van der Waals surface area contributed by atoms with Crippen molar-refractivity contribution in [3.63, 3.8) is 0 Å². The van der Waals surface area contributed by atoms with Crippen LogP contribution >= 0.6 is 0 Å². The van der Waals surface area contributed by atoms with Crippen molar-refractivity contribution in [1.82, 2.24) is 9.88 Å². The fraction of sp³-hybridized carbons (Fsp3) is 0.545. The highest BCUT2D eigenvalue weighted by molar-refractivity contribution is 7.92. The van der Waals surface area contributed by atoms with Crippen molar-refractivity contribution in [3.8, 4) is 0 Å². The number of aryl methyl sites for hydroxylation is 1. The summed E-state index contributed by atoms with van der Waals surface area (Å²) in [6.45, 7) is 2.88. The van der Waals surface area contributed by atoms with Crippen molar-refractivity contribution in [2.24, 2.45) is 12.2 Å². The third kappa shape index (κ3) is 4.05. The Kier molecular flexibility index (Phi) is 4.56. The van der Waals surface area contributed by atoms with Crippen LogP contribution in [0.5, 0.6) is 0 Å². The topological polar surface area (TPSA) is 128 Å². The molecule has 0 saturated heterocycles. The third-order valence-electron chi connectivity index (χ3n) is 3.22. The van der Waals surface area contributed by atoms with Crippen LogP contribution in [0.3, 0.4) is 0 Å². The summed E-state index contributed by atoms with van der Waals surface area (Å²) >= 11 is 0. The Labute approximate surface area is 124 Å². The number of nitrogens with two attached hydrogens (primary N) is 1. The van der Waals surface area contributed by atoms with Gasteiger partial charge in [0.25, 0.3) is 5.91 Å². The van der Waals surface area contributed by atoms with Gasteiger partial charge in [-0.2, -0.15) is 0 Å². The number of nitrogens with one attached hydrogen (secondary N) is 1. The molecule has 8 nitrogen and oxygen atoms in total. The molecule has 120 valence electrons. The Morgan fingerprint density at radius 1 is 1.33 bits per heavy atom. The average Bonchev–Trinajstić information content (AvgIpc) is 2.66. The summed E-state index contributed by atoms with van der Waals surface area (Å²) in [5.74, 6) is -0.580. The highest BCUT2D eigenvalue weighted by atomic mass is 32.2. The van der Waals surface area contributed by atoms with Gasteiger partial charge in [0.05, 0.1) is 4.75 Å². The van der Waals surface area contributed by atoms with Crippen molar-refractivity contribution in [2.45, 2.75) is 23.5 Å². The van der Waals surface area contributed by atoms with Gasteiger partial charge in [0.15, 0.2) is 9.84 Å². The van der Waals surface area contributed by atoms with Gasteiger partial charge in [-0.3, -0.25) is 4.79 Å². The lowest BCUT2D eigenvalue weighted by atomic mass is 10.2. The maximum atomic E-state index is 12.0. The first-order valence-electron chi connectivity index (χ1n) is 5.93. The second kappa shape index (κ2) is 5.43. The highest BCUT2D eigenvalue weighted by Crippen LogP contribution is 2.15. The fourth-order valence-corrected chi connectivity index (χ4v) is 2.35. The summed E-state index contributed by atoms with van der Waals surface area (Å²) in [5.41, 5.74) is 0.0725. The van der Waals surface area contributed by atoms with Crippen molar-refractivity contribution in [1.29, 1.82) is 0 Å². The summed E-state index contributed by atoms with van der Waals surface area (Å²) in [6.07, 6.45) is 2.30. The average molecular weight is 337 g/mol. The molecular formula is C11H19N3O5S2. The SMILES string of the molecule is Cn1cc(S(N)(=O)=O)cc1C(=O)NCC(C)(C)S(C)(=O)=O. The Bertz CT molecular complexity index is 760. The molecule has 0 radical (unpaired) electrons. The molecule has 0 aliphatic rings. The summed E-state index contributed by atoms with van der Waals surface area (Å²) in [4.78, 5) is 11.8. The lowest BCUT2D eigenvalue weighted by Gasteiger charge is -2.22. The molecule has 1 rings (SSSR count). The number of aromatic nitrogens is 1. The van der Waals surface area contributed by atoms with Gasteiger partial charge in [-0.15, -0.1) is 0 Å². The van der Waals surface area contributed by atoms with Gasteiger partial charge in [-0.1, -0.05) is 0 Å². The smallest absolute Gasteiger partial charge is 0.267 e. The second-order valence-corrected chi connectivity index (χ2v) is 9.64. The number of rotatable bonds is 5. The molecule has 21 heavy (non-hydrogen) atoms. The van der Waals surface area contributed by atoms with Crippen LogP contribution < -0.4 is 10.5 Å². The first-order valence-corrected chi connectivity index (χ1v) is 9.36. The van der Waals surface area contributed by atoms with Crippen LogP contribution in [0.15, 0.2) is 17.2 Å². The molecule has 10 heteroatoms. The molecule has 1 amide bonds. The van der Waals surface area contributed by atoms with Gasteiger partial charge in [0, 0.05) is 26.0 Å². The van der Waals surface area contributed by atoms with E-state index in [2.05, 4.69) is 5.32 Å². The Morgan fingerprint density at radius 3 is 2.24 bits per heavy atom. The first-order chi connectivity index (χ1) is 9.25. The van der Waals surface area contributed by atoms with E-state index in [-0.39, 0.29) is 17.1 Å². The standard InChI is InChI=1S/C11H19N3O5S2/c1-11(2,20(4,16)17)7-13-10(15)9-5-8(6-14(9)3)21(12,18)19/h5-6H,7H2,1-4H3,(H,13,15)(H2,12,18,19). The van der Waals surface area contributed by atoms with Crippen LogP contribution in [0, 0.1) is 0 Å². The van der Waals surface area contributed by atoms with Crippen LogP contribution in [-0.2, 0) is 26.9 Å². The lowest BCUT2D eigenvalue weighted by molar-refractivity contribution is 0.0942. The fourth-order valence-electron chi connectivity index (χ4n) is 1.43.